The average Bonchev–Trinajstić information content (AvgIpc) is 2.66. The summed E-state index contributed by atoms with van der Waals surface area (Å²) in [7, 11) is 1.30. The maximum Gasteiger partial charge on any atom is 0.435 e. The molecule has 0 bridgehead atoms. The fraction of sp³-hybridized carbons (Fsp3) is 0.250. The second-order valence-electron chi connectivity index (χ2n) is 3.97. The largest absolute Gasteiger partial charge is 0.439 e. The van der Waals surface area contributed by atoms with Crippen LogP contribution < -0.4 is 4.74 Å². The number of halogens is 4. The fourth-order valence-corrected chi connectivity index (χ4v) is 1.87. The number of rotatable bonds is 3. The number of aliphatic hydroxyl groups excluding tert-OH is 1. The van der Waals surface area contributed by atoms with Gasteiger partial charge in [0.05, 0.1) is 12.2 Å². The van der Waals surface area contributed by atoms with Crippen molar-refractivity contribution >= 4 is 11.6 Å². The van der Waals surface area contributed by atoms with Crippen molar-refractivity contribution in [2.75, 3.05) is 0 Å². The van der Waals surface area contributed by atoms with Crippen LogP contribution in [0.5, 0.6) is 11.6 Å². The molecule has 0 aliphatic heterocycles. The summed E-state index contributed by atoms with van der Waals surface area (Å²) in [4.78, 5) is 0. The second kappa shape index (κ2) is 5.34. The van der Waals surface area contributed by atoms with E-state index in [2.05, 4.69) is 5.10 Å². The molecule has 1 aromatic heterocycles. The minimum absolute atomic E-state index is 0.179. The zero-order chi connectivity index (χ0) is 14.9. The van der Waals surface area contributed by atoms with Gasteiger partial charge in [-0.25, -0.2) is 4.68 Å². The van der Waals surface area contributed by atoms with Crippen molar-refractivity contribution in [1.29, 1.82) is 0 Å². The summed E-state index contributed by atoms with van der Waals surface area (Å²) < 4.78 is 44.6. The number of benzene rings is 1. The number of hydrogen-bond acceptors (Lipinski definition) is 3. The molecule has 0 aliphatic rings. The highest BCUT2D eigenvalue weighted by atomic mass is 35.5. The molecule has 8 heteroatoms. The molecule has 1 aromatic carbocycles. The highest BCUT2D eigenvalue weighted by Gasteiger charge is 2.39. The maximum atomic E-state index is 12.8. The van der Waals surface area contributed by atoms with E-state index in [-0.39, 0.29) is 11.6 Å². The lowest BCUT2D eigenvalue weighted by Gasteiger charge is -2.08. The molecule has 0 atom stereocenters. The van der Waals surface area contributed by atoms with Crippen LogP contribution in [0.3, 0.4) is 0 Å². The third-order valence-electron chi connectivity index (χ3n) is 2.53. The van der Waals surface area contributed by atoms with Gasteiger partial charge in [-0.15, -0.1) is 0 Å². The molecule has 108 valence electrons. The molecule has 0 radical (unpaired) electrons. The van der Waals surface area contributed by atoms with E-state index in [4.69, 9.17) is 21.4 Å². The first-order valence-corrected chi connectivity index (χ1v) is 5.88. The van der Waals surface area contributed by atoms with Gasteiger partial charge in [0.15, 0.2) is 5.69 Å². The lowest BCUT2D eigenvalue weighted by Crippen LogP contribution is -2.09. The zero-order valence-corrected chi connectivity index (χ0v) is 11.0. The average molecular weight is 307 g/mol. The molecule has 1 heterocycles. The number of aryl methyl sites for hydroxylation is 1. The summed E-state index contributed by atoms with van der Waals surface area (Å²) in [6.45, 7) is -0.835. The van der Waals surface area contributed by atoms with Crippen LogP contribution in [0.2, 0.25) is 5.02 Å². The summed E-state index contributed by atoms with van der Waals surface area (Å²) in [5.41, 5.74) is -1.58. The first-order valence-electron chi connectivity index (χ1n) is 5.50. The van der Waals surface area contributed by atoms with Crippen LogP contribution in [0.1, 0.15) is 11.3 Å². The lowest BCUT2D eigenvalue weighted by atomic mass is 10.2. The summed E-state index contributed by atoms with van der Waals surface area (Å²) >= 11 is 5.77. The number of nitrogens with zero attached hydrogens (tertiary/aromatic N) is 2. The highest BCUT2D eigenvalue weighted by molar-refractivity contribution is 6.30. The van der Waals surface area contributed by atoms with E-state index in [1.807, 2.05) is 0 Å². The number of hydrogen-bond donors (Lipinski definition) is 1. The van der Waals surface area contributed by atoms with Gasteiger partial charge in [-0.1, -0.05) is 17.7 Å². The first-order chi connectivity index (χ1) is 9.32. The molecule has 0 saturated carbocycles. The monoisotopic (exact) mass is 306 g/mol. The Morgan fingerprint density at radius 3 is 2.65 bits per heavy atom. The van der Waals surface area contributed by atoms with E-state index in [0.717, 1.165) is 4.68 Å². The molecule has 0 aliphatic carbocycles. The van der Waals surface area contributed by atoms with E-state index >= 15 is 0 Å². The predicted molar refractivity (Wildman–Crippen MR) is 65.7 cm³/mol. The van der Waals surface area contributed by atoms with Crippen molar-refractivity contribution in [1.82, 2.24) is 9.78 Å². The van der Waals surface area contributed by atoms with E-state index in [1.54, 1.807) is 12.1 Å². The van der Waals surface area contributed by atoms with E-state index in [0.29, 0.717) is 5.02 Å². The van der Waals surface area contributed by atoms with Gasteiger partial charge in [0, 0.05) is 12.1 Å². The minimum Gasteiger partial charge on any atom is -0.439 e. The topological polar surface area (TPSA) is 47.3 Å². The lowest BCUT2D eigenvalue weighted by molar-refractivity contribution is -0.142. The summed E-state index contributed by atoms with van der Waals surface area (Å²) in [6, 6.07) is 6.18. The number of ether oxygens (including phenoxy) is 1. The molecule has 0 saturated heterocycles. The Morgan fingerprint density at radius 2 is 2.10 bits per heavy atom. The Bertz CT molecular complexity index is 626. The Hall–Kier alpha value is -1.73. The van der Waals surface area contributed by atoms with Gasteiger partial charge in [0.1, 0.15) is 5.75 Å². The third kappa shape index (κ3) is 2.88. The van der Waals surface area contributed by atoms with Crippen molar-refractivity contribution in [3.8, 4) is 11.6 Å². The van der Waals surface area contributed by atoms with Gasteiger partial charge < -0.3 is 9.84 Å². The van der Waals surface area contributed by atoms with E-state index in [9.17, 15) is 13.2 Å². The summed E-state index contributed by atoms with van der Waals surface area (Å²) in [5, 5.41) is 12.9. The van der Waals surface area contributed by atoms with Crippen LogP contribution in [0.25, 0.3) is 0 Å². The fourth-order valence-electron chi connectivity index (χ4n) is 1.69. The number of aliphatic hydroxyl groups is 1. The van der Waals surface area contributed by atoms with Gasteiger partial charge in [-0.05, 0) is 18.2 Å². The van der Waals surface area contributed by atoms with Crippen molar-refractivity contribution in [2.45, 2.75) is 12.8 Å². The van der Waals surface area contributed by atoms with Gasteiger partial charge >= 0.3 is 6.18 Å². The number of alkyl halides is 3. The third-order valence-corrected chi connectivity index (χ3v) is 2.76. The van der Waals surface area contributed by atoms with Crippen molar-refractivity contribution in [2.24, 2.45) is 7.05 Å². The van der Waals surface area contributed by atoms with Gasteiger partial charge in [-0.2, -0.15) is 18.3 Å². The van der Waals surface area contributed by atoms with Gasteiger partial charge in [-0.3, -0.25) is 0 Å². The molecule has 20 heavy (non-hydrogen) atoms. The summed E-state index contributed by atoms with van der Waals surface area (Å²) in [6.07, 6.45) is -4.66. The Kier molecular flexibility index (Phi) is 3.92. The molecule has 1 N–H and O–H groups in total. The Balaban J connectivity index is 2.44. The molecule has 0 unspecified atom stereocenters. The van der Waals surface area contributed by atoms with Crippen molar-refractivity contribution in [3.63, 3.8) is 0 Å². The normalized spacial score (nSPS) is 11.7. The zero-order valence-electron chi connectivity index (χ0n) is 10.3. The quantitative estimate of drug-likeness (QED) is 0.945. The molecule has 4 nitrogen and oxygen atoms in total. The summed E-state index contributed by atoms with van der Waals surface area (Å²) in [5.74, 6) is 0.0750. The molecular weight excluding hydrogens is 297 g/mol. The molecule has 0 fully saturated rings. The van der Waals surface area contributed by atoms with Crippen LogP contribution in [-0.4, -0.2) is 14.9 Å². The SMILES string of the molecule is Cn1nc(C(F)(F)F)c(CO)c1Oc1cccc(Cl)c1. The molecule has 2 rings (SSSR count). The van der Waals surface area contributed by atoms with E-state index in [1.165, 1.54) is 19.2 Å². The highest BCUT2D eigenvalue weighted by Crippen LogP contribution is 2.37. The molecule has 0 spiro atoms. The Morgan fingerprint density at radius 1 is 1.40 bits per heavy atom. The van der Waals surface area contributed by atoms with Gasteiger partial charge in [0.25, 0.3) is 0 Å². The van der Waals surface area contributed by atoms with E-state index < -0.39 is 24.0 Å². The Labute approximate surface area is 117 Å². The first kappa shape index (κ1) is 14.7. The number of aromatic nitrogens is 2. The van der Waals surface area contributed by atoms with Gasteiger partial charge in [0.2, 0.25) is 5.88 Å². The van der Waals surface area contributed by atoms with Crippen LogP contribution in [-0.2, 0) is 19.8 Å². The van der Waals surface area contributed by atoms with Crippen LogP contribution in [0.4, 0.5) is 13.2 Å². The van der Waals surface area contributed by atoms with Crippen LogP contribution in [0.15, 0.2) is 24.3 Å². The molecule has 2 aromatic rings. The van der Waals surface area contributed by atoms with Crippen molar-refractivity contribution < 1.29 is 23.0 Å². The van der Waals surface area contributed by atoms with Crippen LogP contribution in [0, 0.1) is 0 Å². The predicted octanol–water partition coefficient (Wildman–Crippen LogP) is 3.38. The molecular formula is C12H10ClF3N2O2. The van der Waals surface area contributed by atoms with Crippen molar-refractivity contribution in [3.05, 3.63) is 40.5 Å². The standard InChI is InChI=1S/C12H10ClF3N2O2/c1-18-11(20-8-4-2-3-7(13)5-8)9(6-19)10(17-18)12(14,15)16/h2-5,19H,6H2,1H3. The maximum absolute atomic E-state index is 12.8. The second-order valence-corrected chi connectivity index (χ2v) is 4.41. The van der Waals surface area contributed by atoms with Crippen LogP contribution >= 0.6 is 11.6 Å². The minimum atomic E-state index is -4.66. The molecule has 0 amide bonds. The smallest absolute Gasteiger partial charge is 0.435 e.